The molecule has 1 saturated carbocycles. The Hall–Kier alpha value is -3.79. The number of fused-ring (bicyclic) bond motifs is 1. The molecule has 2 aromatic rings. The Bertz CT molecular complexity index is 1210. The number of benzene rings is 2. The summed E-state index contributed by atoms with van der Waals surface area (Å²) in [5.74, 6) is 0.368. The number of anilines is 2. The Morgan fingerprint density at radius 2 is 1.83 bits per heavy atom. The number of likely N-dealkylation sites (N-methyl/N-ethyl adjacent to an activating group) is 1. The number of rotatable bonds is 8. The Morgan fingerprint density at radius 3 is 2.49 bits per heavy atom. The number of amides is 4. The fourth-order valence-corrected chi connectivity index (χ4v) is 5.41. The maximum absolute atomic E-state index is 13.7. The van der Waals surface area contributed by atoms with E-state index in [1.807, 2.05) is 6.92 Å². The Labute approximate surface area is 242 Å². The van der Waals surface area contributed by atoms with Crippen LogP contribution >= 0.6 is 0 Å². The molecule has 0 bridgehead atoms. The summed E-state index contributed by atoms with van der Waals surface area (Å²) in [6.45, 7) is 4.12. The van der Waals surface area contributed by atoms with Crippen molar-refractivity contribution >= 4 is 29.2 Å². The molecule has 222 valence electrons. The quantitative estimate of drug-likeness (QED) is 0.430. The van der Waals surface area contributed by atoms with Crippen LogP contribution in [0.5, 0.6) is 11.5 Å². The van der Waals surface area contributed by atoms with E-state index in [4.69, 9.17) is 9.47 Å². The molecule has 0 radical (unpaired) electrons. The topological polar surface area (TPSA) is 120 Å². The number of aliphatic hydroxyl groups excluding tert-OH is 1. The number of ether oxygens (including phenoxy) is 2. The highest BCUT2D eigenvalue weighted by Crippen LogP contribution is 2.36. The smallest absolute Gasteiger partial charge is 0.321 e. The van der Waals surface area contributed by atoms with Crippen LogP contribution in [-0.4, -0.2) is 78.8 Å². The zero-order valence-electron chi connectivity index (χ0n) is 24.4. The Morgan fingerprint density at radius 1 is 1.12 bits per heavy atom. The van der Waals surface area contributed by atoms with Crippen LogP contribution in [-0.2, 0) is 4.79 Å². The molecule has 2 aromatic carbocycles. The van der Waals surface area contributed by atoms with Gasteiger partial charge in [0.1, 0.15) is 11.9 Å². The maximum atomic E-state index is 13.7. The molecule has 0 aromatic heterocycles. The monoisotopic (exact) mass is 566 g/mol. The van der Waals surface area contributed by atoms with Gasteiger partial charge in [-0.2, -0.15) is 0 Å². The van der Waals surface area contributed by atoms with Gasteiger partial charge >= 0.3 is 6.03 Å². The molecule has 4 amide bonds. The van der Waals surface area contributed by atoms with Crippen LogP contribution in [0.3, 0.4) is 0 Å². The second kappa shape index (κ2) is 13.7. The number of para-hydroxylation sites is 1. The number of nitrogens with one attached hydrogen (secondary N) is 2. The van der Waals surface area contributed by atoms with Crippen molar-refractivity contribution in [3.63, 3.8) is 0 Å². The third-order valence-electron chi connectivity index (χ3n) is 8.07. The van der Waals surface area contributed by atoms with Crippen molar-refractivity contribution in [3.05, 3.63) is 48.0 Å². The third kappa shape index (κ3) is 7.30. The van der Waals surface area contributed by atoms with Crippen molar-refractivity contribution in [2.75, 3.05) is 44.5 Å². The zero-order chi connectivity index (χ0) is 29.5. The first kappa shape index (κ1) is 30.2. The molecule has 0 unspecified atom stereocenters. The summed E-state index contributed by atoms with van der Waals surface area (Å²) in [6.07, 6.45) is 4.37. The number of aliphatic hydroxyl groups is 1. The lowest BCUT2D eigenvalue weighted by atomic mass is 9.88. The molecule has 10 heteroatoms. The highest BCUT2D eigenvalue weighted by atomic mass is 16.5. The van der Waals surface area contributed by atoms with Gasteiger partial charge in [-0.3, -0.25) is 9.59 Å². The molecule has 3 atom stereocenters. The van der Waals surface area contributed by atoms with Crippen molar-refractivity contribution in [2.45, 2.75) is 58.1 Å². The fourth-order valence-electron chi connectivity index (χ4n) is 5.41. The molecule has 1 aliphatic heterocycles. The second-order valence-corrected chi connectivity index (χ2v) is 11.2. The van der Waals surface area contributed by atoms with Gasteiger partial charge < -0.3 is 35.0 Å². The van der Waals surface area contributed by atoms with Gasteiger partial charge in [0.15, 0.2) is 5.75 Å². The van der Waals surface area contributed by atoms with E-state index in [2.05, 4.69) is 10.6 Å². The summed E-state index contributed by atoms with van der Waals surface area (Å²) < 4.78 is 11.7. The van der Waals surface area contributed by atoms with Crippen LogP contribution in [0.1, 0.15) is 56.3 Å². The second-order valence-electron chi connectivity index (χ2n) is 11.2. The van der Waals surface area contributed by atoms with Gasteiger partial charge in [0.2, 0.25) is 5.91 Å². The fraction of sp³-hybridized carbons (Fsp3) is 0.516. The van der Waals surface area contributed by atoms with E-state index in [0.717, 1.165) is 32.1 Å². The van der Waals surface area contributed by atoms with Crippen molar-refractivity contribution in [1.29, 1.82) is 0 Å². The molecule has 2 aliphatic rings. The maximum Gasteiger partial charge on any atom is 0.321 e. The van der Waals surface area contributed by atoms with Crippen LogP contribution in [0.2, 0.25) is 0 Å². The predicted octanol–water partition coefficient (Wildman–Crippen LogP) is 4.60. The number of methoxy groups -OCH3 is 1. The largest absolute Gasteiger partial charge is 0.497 e. The number of hydrogen-bond acceptors (Lipinski definition) is 6. The lowest BCUT2D eigenvalue weighted by molar-refractivity contribution is -0.120. The molecule has 1 heterocycles. The van der Waals surface area contributed by atoms with Crippen LogP contribution < -0.4 is 20.1 Å². The SMILES string of the molecule is COc1ccc(NC(=O)N(C)C[C@@H]2Oc3c(NC(=O)C4CCCCC4)cccc3C(=O)N([C@H](C)CO)C[C@H]2C)cc1. The Kier molecular flexibility index (Phi) is 10.1. The van der Waals surface area contributed by atoms with Gasteiger partial charge in [0, 0.05) is 31.1 Å². The first-order valence-corrected chi connectivity index (χ1v) is 14.4. The standard InChI is InChI=1S/C31H42N4O6/c1-20-17-35(21(2)19-36)30(38)25-11-8-12-26(33-29(37)22-9-6-5-7-10-22)28(25)41-27(20)18-34(3)31(39)32-23-13-15-24(40-4)16-14-23/h8,11-16,20-22,27,36H,5-7,9-10,17-19H2,1-4H3,(H,32,39)(H,33,37)/t20-,21-,27+/m1/s1. The summed E-state index contributed by atoms with van der Waals surface area (Å²) >= 11 is 0. The van der Waals surface area contributed by atoms with Crippen molar-refractivity contribution in [2.24, 2.45) is 11.8 Å². The van der Waals surface area contributed by atoms with Crippen molar-refractivity contribution in [1.82, 2.24) is 9.80 Å². The molecular weight excluding hydrogens is 524 g/mol. The van der Waals surface area contributed by atoms with E-state index in [0.29, 0.717) is 29.2 Å². The van der Waals surface area contributed by atoms with Gasteiger partial charge in [-0.25, -0.2) is 4.79 Å². The van der Waals surface area contributed by atoms with Crippen LogP contribution in [0.15, 0.2) is 42.5 Å². The van der Waals surface area contributed by atoms with E-state index in [1.54, 1.807) is 68.4 Å². The normalized spacial score (nSPS) is 20.1. The number of hydrogen-bond donors (Lipinski definition) is 3. The van der Waals surface area contributed by atoms with Gasteiger partial charge in [0.25, 0.3) is 5.91 Å². The number of carbonyl (C=O) groups is 3. The molecule has 3 N–H and O–H groups in total. The average molecular weight is 567 g/mol. The molecule has 0 saturated heterocycles. The van der Waals surface area contributed by atoms with E-state index in [1.165, 1.54) is 4.90 Å². The van der Waals surface area contributed by atoms with E-state index in [9.17, 15) is 19.5 Å². The number of urea groups is 1. The molecule has 0 spiro atoms. The van der Waals surface area contributed by atoms with Crippen molar-refractivity contribution in [3.8, 4) is 11.5 Å². The zero-order valence-corrected chi connectivity index (χ0v) is 24.4. The molecule has 1 fully saturated rings. The predicted molar refractivity (Wildman–Crippen MR) is 157 cm³/mol. The summed E-state index contributed by atoms with van der Waals surface area (Å²) in [5.41, 5.74) is 1.38. The molecule has 1 aliphatic carbocycles. The minimum absolute atomic E-state index is 0.0719. The lowest BCUT2D eigenvalue weighted by Crippen LogP contribution is -2.50. The van der Waals surface area contributed by atoms with Crippen molar-refractivity contribution < 1.29 is 29.0 Å². The molecule has 10 nitrogen and oxygen atoms in total. The minimum atomic E-state index is -0.505. The third-order valence-corrected chi connectivity index (χ3v) is 8.07. The first-order chi connectivity index (χ1) is 19.7. The average Bonchev–Trinajstić information content (AvgIpc) is 2.99. The highest BCUT2D eigenvalue weighted by Gasteiger charge is 2.35. The van der Waals surface area contributed by atoms with E-state index in [-0.39, 0.29) is 48.6 Å². The minimum Gasteiger partial charge on any atom is -0.497 e. The number of carbonyl (C=O) groups excluding carboxylic acids is 3. The van der Waals surface area contributed by atoms with E-state index < -0.39 is 12.1 Å². The van der Waals surface area contributed by atoms with Gasteiger partial charge in [-0.15, -0.1) is 0 Å². The summed E-state index contributed by atoms with van der Waals surface area (Å²) in [5, 5.41) is 15.8. The lowest BCUT2D eigenvalue weighted by Gasteiger charge is -2.38. The van der Waals surface area contributed by atoms with E-state index >= 15 is 0 Å². The number of nitrogens with zero attached hydrogens (tertiary/aromatic N) is 2. The Balaban J connectivity index is 1.60. The van der Waals surface area contributed by atoms with Gasteiger partial charge in [-0.1, -0.05) is 32.3 Å². The highest BCUT2D eigenvalue weighted by molar-refractivity contribution is 6.02. The van der Waals surface area contributed by atoms with Crippen LogP contribution in [0.4, 0.5) is 16.2 Å². The molecular formula is C31H42N4O6. The molecule has 41 heavy (non-hydrogen) atoms. The van der Waals surface area contributed by atoms with Crippen LogP contribution in [0.25, 0.3) is 0 Å². The van der Waals surface area contributed by atoms with Gasteiger partial charge in [-0.05, 0) is 56.2 Å². The summed E-state index contributed by atoms with van der Waals surface area (Å²) in [7, 11) is 3.27. The summed E-state index contributed by atoms with van der Waals surface area (Å²) in [6, 6.07) is 11.5. The summed E-state index contributed by atoms with van der Waals surface area (Å²) in [4.78, 5) is 43.1. The van der Waals surface area contributed by atoms with Crippen LogP contribution in [0, 0.1) is 11.8 Å². The van der Waals surface area contributed by atoms with Gasteiger partial charge in [0.05, 0.1) is 37.6 Å². The molecule has 4 rings (SSSR count). The first-order valence-electron chi connectivity index (χ1n) is 14.4.